The van der Waals surface area contributed by atoms with Gasteiger partial charge < -0.3 is 0 Å². The molecule has 0 heterocycles. The summed E-state index contributed by atoms with van der Waals surface area (Å²) >= 11 is 3.16. The number of ketones is 1. The number of nitro groups is 1. The molecule has 0 N–H and O–H groups in total. The Balaban J connectivity index is 2.55. The molecule has 1 aromatic carbocycles. The number of sulfonamides is 1. The Hall–Kier alpha value is -2.13. The van der Waals surface area contributed by atoms with E-state index in [1.54, 1.807) is 13.8 Å². The van der Waals surface area contributed by atoms with Crippen LogP contribution in [0.3, 0.4) is 0 Å². The van der Waals surface area contributed by atoms with Gasteiger partial charge in [0.2, 0.25) is 0 Å². The molecule has 0 aromatic heterocycles. The summed E-state index contributed by atoms with van der Waals surface area (Å²) in [6.45, 7) is 3.11. The number of non-ortho nitro benzene ring substituents is 1. The number of nitro benzene ring substituents is 1. The molecule has 23 heavy (non-hydrogen) atoms. The van der Waals surface area contributed by atoms with E-state index in [1.165, 1.54) is 24.3 Å². The van der Waals surface area contributed by atoms with Crippen LogP contribution in [0.5, 0.6) is 0 Å². The highest BCUT2D eigenvalue weighted by molar-refractivity contribution is 9.12. The van der Waals surface area contributed by atoms with Crippen molar-refractivity contribution in [3.05, 3.63) is 56.1 Å². The monoisotopic (exact) mass is 398 g/mol. The van der Waals surface area contributed by atoms with Crippen LogP contribution in [0.25, 0.3) is 0 Å². The molecule has 7 nitrogen and oxygen atoms in total. The highest BCUT2D eigenvalue weighted by Crippen LogP contribution is 2.26. The third-order valence-electron chi connectivity index (χ3n) is 3.15. The quantitative estimate of drug-likeness (QED) is 0.441. The van der Waals surface area contributed by atoms with Crippen LogP contribution in [0.1, 0.15) is 13.8 Å². The molecule has 2 rings (SSSR count). The first kappa shape index (κ1) is 17.2. The lowest BCUT2D eigenvalue weighted by Crippen LogP contribution is -2.15. The third kappa shape index (κ3) is 3.45. The van der Waals surface area contributed by atoms with Crippen molar-refractivity contribution in [2.24, 2.45) is 4.40 Å². The average Bonchev–Trinajstić information content (AvgIpc) is 2.50. The molecule has 0 saturated carbocycles. The zero-order valence-electron chi connectivity index (χ0n) is 12.1. The minimum atomic E-state index is -4.15. The third-order valence-corrected chi connectivity index (χ3v) is 5.44. The number of hydrogen-bond acceptors (Lipinski definition) is 5. The first-order valence-electron chi connectivity index (χ1n) is 6.32. The number of allylic oxidation sites excluding steroid dienone is 4. The number of carbonyl (C=O) groups excluding carboxylic acids is 1. The molecule has 120 valence electrons. The van der Waals surface area contributed by atoms with Gasteiger partial charge >= 0.3 is 0 Å². The van der Waals surface area contributed by atoms with Gasteiger partial charge in [0, 0.05) is 17.7 Å². The lowest BCUT2D eigenvalue weighted by molar-refractivity contribution is -0.385. The molecular weight excluding hydrogens is 388 g/mol. The summed E-state index contributed by atoms with van der Waals surface area (Å²) < 4.78 is 28.7. The van der Waals surface area contributed by atoms with Crippen LogP contribution in [0.15, 0.2) is 55.3 Å². The Labute approximate surface area is 140 Å². The number of benzene rings is 1. The number of hydrogen-bond donors (Lipinski definition) is 0. The van der Waals surface area contributed by atoms with Crippen molar-refractivity contribution in [1.29, 1.82) is 0 Å². The highest BCUT2D eigenvalue weighted by Gasteiger charge is 2.24. The Morgan fingerprint density at radius 1 is 1.26 bits per heavy atom. The van der Waals surface area contributed by atoms with E-state index in [-0.39, 0.29) is 26.6 Å². The lowest BCUT2D eigenvalue weighted by atomic mass is 9.98. The van der Waals surface area contributed by atoms with E-state index in [1.807, 2.05) is 0 Å². The van der Waals surface area contributed by atoms with Gasteiger partial charge in [-0.3, -0.25) is 14.9 Å². The van der Waals surface area contributed by atoms with Crippen molar-refractivity contribution in [2.75, 3.05) is 0 Å². The maximum atomic E-state index is 12.3. The van der Waals surface area contributed by atoms with Gasteiger partial charge in [0.25, 0.3) is 15.7 Å². The molecule has 1 aliphatic carbocycles. The summed E-state index contributed by atoms with van der Waals surface area (Å²) in [5, 5.41) is 10.8. The fraction of sp³-hybridized carbons (Fsp3) is 0.143. The van der Waals surface area contributed by atoms with Crippen LogP contribution in [0.4, 0.5) is 5.69 Å². The molecule has 9 heteroatoms. The summed E-state index contributed by atoms with van der Waals surface area (Å²) in [7, 11) is -4.15. The molecule has 0 spiro atoms. The van der Waals surface area contributed by atoms with Gasteiger partial charge in [-0.05, 0) is 47.5 Å². The summed E-state index contributed by atoms with van der Waals surface area (Å²) in [5.41, 5.74) is 0.436. The maximum absolute atomic E-state index is 12.3. The summed E-state index contributed by atoms with van der Waals surface area (Å²) in [4.78, 5) is 21.6. The highest BCUT2D eigenvalue weighted by atomic mass is 79.9. The van der Waals surface area contributed by atoms with Crippen molar-refractivity contribution in [1.82, 2.24) is 0 Å². The van der Waals surface area contributed by atoms with Crippen molar-refractivity contribution in [3.8, 4) is 0 Å². The van der Waals surface area contributed by atoms with Crippen LogP contribution < -0.4 is 0 Å². The van der Waals surface area contributed by atoms with Crippen LogP contribution in [0.2, 0.25) is 0 Å². The van der Waals surface area contributed by atoms with E-state index >= 15 is 0 Å². The molecule has 0 saturated heterocycles. The number of Topliss-reactive ketones (excluding diaryl/α,β-unsaturated/α-hetero) is 1. The second-order valence-electron chi connectivity index (χ2n) is 4.80. The zero-order chi connectivity index (χ0) is 17.4. The predicted octanol–water partition coefficient (Wildman–Crippen LogP) is 2.92. The average molecular weight is 399 g/mol. The van der Waals surface area contributed by atoms with E-state index in [0.717, 1.165) is 6.07 Å². The smallest absolute Gasteiger partial charge is 0.283 e. The Morgan fingerprint density at radius 2 is 1.91 bits per heavy atom. The Morgan fingerprint density at radius 3 is 2.52 bits per heavy atom. The number of nitrogens with zero attached hydrogens (tertiary/aromatic N) is 2. The first-order chi connectivity index (χ1) is 10.6. The van der Waals surface area contributed by atoms with Crippen molar-refractivity contribution in [2.45, 2.75) is 18.7 Å². The molecule has 0 bridgehead atoms. The summed E-state index contributed by atoms with van der Waals surface area (Å²) in [6, 6.07) is 4.62. The van der Waals surface area contributed by atoms with Crippen molar-refractivity contribution in [3.63, 3.8) is 0 Å². The summed E-state index contributed by atoms with van der Waals surface area (Å²) in [6.07, 6.45) is 1.36. The topological polar surface area (TPSA) is 107 Å². The van der Waals surface area contributed by atoms with Crippen molar-refractivity contribution < 1.29 is 18.1 Å². The van der Waals surface area contributed by atoms with Gasteiger partial charge in [0.05, 0.1) is 20.0 Å². The normalized spacial score (nSPS) is 17.4. The molecule has 0 aliphatic heterocycles. The lowest BCUT2D eigenvalue weighted by Gasteiger charge is -2.13. The fourth-order valence-corrected chi connectivity index (χ4v) is 3.46. The first-order valence-corrected chi connectivity index (χ1v) is 8.56. The van der Waals surface area contributed by atoms with Crippen molar-refractivity contribution >= 4 is 43.1 Å². The van der Waals surface area contributed by atoms with Crippen LogP contribution >= 0.6 is 15.9 Å². The van der Waals surface area contributed by atoms with Gasteiger partial charge in [-0.25, -0.2) is 0 Å². The molecule has 0 radical (unpaired) electrons. The van der Waals surface area contributed by atoms with Crippen LogP contribution in [0, 0.1) is 10.1 Å². The second-order valence-corrected chi connectivity index (χ2v) is 7.20. The molecule has 0 unspecified atom stereocenters. The largest absolute Gasteiger partial charge is 0.289 e. The van der Waals surface area contributed by atoms with Gasteiger partial charge in [-0.2, -0.15) is 12.8 Å². The fourth-order valence-electron chi connectivity index (χ4n) is 1.93. The maximum Gasteiger partial charge on any atom is 0.283 e. The Bertz CT molecular complexity index is 913. The molecular formula is C14H11BrN2O5S. The van der Waals surface area contributed by atoms with E-state index in [9.17, 15) is 23.3 Å². The van der Waals surface area contributed by atoms with E-state index in [2.05, 4.69) is 20.3 Å². The standard InChI is InChI=1S/C14H11BrN2O5S/c1-8-6-12(13(15)9(2)14(8)18)16-23(21,22)11-5-3-4-10(7-11)17(19)20/h3-7H,1-2H3. The predicted molar refractivity (Wildman–Crippen MR) is 88.1 cm³/mol. The van der Waals surface area contributed by atoms with Gasteiger partial charge in [-0.1, -0.05) is 6.07 Å². The van der Waals surface area contributed by atoms with Crippen LogP contribution in [-0.2, 0) is 14.8 Å². The molecule has 1 aromatic rings. The van der Waals surface area contributed by atoms with Gasteiger partial charge in [0.15, 0.2) is 5.78 Å². The van der Waals surface area contributed by atoms with E-state index < -0.39 is 14.9 Å². The van der Waals surface area contributed by atoms with E-state index in [0.29, 0.717) is 11.1 Å². The van der Waals surface area contributed by atoms with Crippen LogP contribution in [-0.4, -0.2) is 24.8 Å². The van der Waals surface area contributed by atoms with Gasteiger partial charge in [-0.15, -0.1) is 0 Å². The zero-order valence-corrected chi connectivity index (χ0v) is 14.5. The number of carbonyl (C=O) groups is 1. The van der Waals surface area contributed by atoms with E-state index in [4.69, 9.17) is 0 Å². The Kier molecular flexibility index (Phi) is 4.62. The molecule has 1 aliphatic rings. The number of rotatable bonds is 3. The number of halogens is 1. The minimum absolute atomic E-state index is 0.0751. The minimum Gasteiger partial charge on any atom is -0.289 e. The van der Waals surface area contributed by atoms with Gasteiger partial charge in [0.1, 0.15) is 0 Å². The second kappa shape index (κ2) is 6.17. The SMILES string of the molecule is CC1=CC(=NS(=O)(=O)c2cccc([N+](=O)[O-])c2)C(Br)=C(C)C1=O. The molecule has 0 fully saturated rings. The molecule has 0 amide bonds. The summed E-state index contributed by atoms with van der Waals surface area (Å²) in [5.74, 6) is -0.205. The molecule has 0 atom stereocenters.